The maximum absolute atomic E-state index is 11.9. The number of benzene rings is 2. The van der Waals surface area contributed by atoms with Crippen LogP contribution in [-0.4, -0.2) is 30.2 Å². The smallest absolute Gasteiger partial charge is 0.340 e. The summed E-state index contributed by atoms with van der Waals surface area (Å²) in [7, 11) is 0. The molecule has 0 aromatic heterocycles. The molecule has 0 amide bonds. The van der Waals surface area contributed by atoms with Gasteiger partial charge in [0.1, 0.15) is 0 Å². The number of nitrogens with two attached hydrogens (primary N) is 1. The Morgan fingerprint density at radius 1 is 0.861 bits per heavy atom. The summed E-state index contributed by atoms with van der Waals surface area (Å²) in [5.74, 6) is -0.117. The number of carbonyl (C=O) groups excluding carboxylic acids is 1. The number of aromatic carboxylic acids is 1. The first-order chi connectivity index (χ1) is 17.4. The monoisotopic (exact) mass is 498 g/mol. The van der Waals surface area contributed by atoms with Gasteiger partial charge in [0.25, 0.3) is 0 Å². The molecule has 0 saturated carbocycles. The number of carboxylic acid groups (broad SMARTS) is 1. The number of nitrogens with one attached hydrogen (secondary N) is 1. The summed E-state index contributed by atoms with van der Waals surface area (Å²) in [5, 5.41) is 12.4. The van der Waals surface area contributed by atoms with Gasteiger partial charge in [-0.15, -0.1) is 0 Å². The molecule has 0 fully saturated rings. The molecule has 36 heavy (non-hydrogen) atoms. The van der Waals surface area contributed by atoms with E-state index in [4.69, 9.17) is 15.6 Å². The summed E-state index contributed by atoms with van der Waals surface area (Å²) in [5.41, 5.74) is 7.75. The van der Waals surface area contributed by atoms with Gasteiger partial charge in [-0.1, -0.05) is 90.5 Å². The summed E-state index contributed by atoms with van der Waals surface area (Å²) >= 11 is 0. The number of hydrogen-bond donors (Lipinski definition) is 3. The minimum absolute atomic E-state index is 0.317. The highest BCUT2D eigenvalue weighted by atomic mass is 16.5. The third-order valence-corrected chi connectivity index (χ3v) is 6.46. The highest BCUT2D eigenvalue weighted by Crippen LogP contribution is 2.19. The lowest BCUT2D eigenvalue weighted by Crippen LogP contribution is -2.15. The minimum atomic E-state index is -0.875. The zero-order chi connectivity index (χ0) is 26.8. The second kappa shape index (κ2) is 18.3. The van der Waals surface area contributed by atoms with Gasteiger partial charge in [-0.2, -0.15) is 0 Å². The third-order valence-electron chi connectivity index (χ3n) is 6.46. The van der Waals surface area contributed by atoms with E-state index in [1.807, 2.05) is 18.2 Å². The Balaban J connectivity index is 0.000000360. The number of esters is 1. The van der Waals surface area contributed by atoms with Crippen LogP contribution in [0.2, 0.25) is 0 Å². The van der Waals surface area contributed by atoms with Crippen LogP contribution in [-0.2, 0) is 4.74 Å². The van der Waals surface area contributed by atoms with E-state index in [9.17, 15) is 9.59 Å². The summed E-state index contributed by atoms with van der Waals surface area (Å²) < 4.78 is 5.34. The molecule has 0 aliphatic carbocycles. The van der Waals surface area contributed by atoms with Crippen molar-refractivity contribution in [3.8, 4) is 0 Å². The molecule has 2 rings (SSSR count). The first-order valence-corrected chi connectivity index (χ1v) is 13.4. The van der Waals surface area contributed by atoms with Gasteiger partial charge in [-0.25, -0.2) is 9.59 Å². The average Bonchev–Trinajstić information content (AvgIpc) is 2.89. The van der Waals surface area contributed by atoms with E-state index in [0.717, 1.165) is 31.5 Å². The molecule has 6 heteroatoms. The first-order valence-electron chi connectivity index (χ1n) is 13.4. The number of carboxylic acids is 1. The number of rotatable bonds is 15. The Labute approximate surface area is 217 Å². The van der Waals surface area contributed by atoms with Crippen molar-refractivity contribution in [3.63, 3.8) is 0 Å². The van der Waals surface area contributed by atoms with Crippen LogP contribution in [0, 0.1) is 11.8 Å². The van der Waals surface area contributed by atoms with E-state index in [0.29, 0.717) is 35.3 Å². The second-order valence-corrected chi connectivity index (χ2v) is 9.25. The van der Waals surface area contributed by atoms with Gasteiger partial charge in [-0.05, 0) is 48.9 Å². The number of carbonyl (C=O) groups is 2. The van der Waals surface area contributed by atoms with E-state index >= 15 is 0 Å². The van der Waals surface area contributed by atoms with Gasteiger partial charge < -0.3 is 20.9 Å². The molecule has 200 valence electrons. The highest BCUT2D eigenvalue weighted by Gasteiger charge is 2.14. The van der Waals surface area contributed by atoms with E-state index in [1.165, 1.54) is 32.1 Å². The van der Waals surface area contributed by atoms with Crippen LogP contribution in [0.3, 0.4) is 0 Å². The summed E-state index contributed by atoms with van der Waals surface area (Å²) in [4.78, 5) is 22.9. The molecule has 0 aliphatic rings. The van der Waals surface area contributed by atoms with Gasteiger partial charge in [0.15, 0.2) is 0 Å². The van der Waals surface area contributed by atoms with Gasteiger partial charge >= 0.3 is 11.9 Å². The summed E-state index contributed by atoms with van der Waals surface area (Å²) in [6.07, 6.45) is 9.29. The Bertz CT molecular complexity index is 900. The maximum atomic E-state index is 11.9. The van der Waals surface area contributed by atoms with Gasteiger partial charge in [-0.3, -0.25) is 0 Å². The third kappa shape index (κ3) is 11.6. The first kappa shape index (κ1) is 31.0. The van der Waals surface area contributed by atoms with Crippen LogP contribution in [0.5, 0.6) is 0 Å². The fourth-order valence-corrected chi connectivity index (χ4v) is 3.87. The average molecular weight is 499 g/mol. The van der Waals surface area contributed by atoms with Gasteiger partial charge in [0, 0.05) is 17.9 Å². The van der Waals surface area contributed by atoms with Crippen molar-refractivity contribution in [2.45, 2.75) is 79.1 Å². The molecule has 0 saturated heterocycles. The Kier molecular flexibility index (Phi) is 15.7. The normalized spacial score (nSPS) is 12.1. The quantitative estimate of drug-likeness (QED) is 0.172. The zero-order valence-corrected chi connectivity index (χ0v) is 22.6. The maximum Gasteiger partial charge on any atom is 0.340 e. The standard InChI is InChI=1S/2C15H23NO2/c1-3-5-8-12(4-2)11-18-15(17)13-9-6-7-10-14(13)16;1-3-5-8-12(4-2)11-16-14-10-7-6-9-13(14)15(17)18/h6-7,9-10,12H,3-5,8,11,16H2,1-2H3;6-7,9-10,12,16H,3-5,8,11H2,1-2H3,(H,17,18). The molecule has 2 aromatic rings. The van der Waals surface area contributed by atoms with Crippen LogP contribution in [0.15, 0.2) is 48.5 Å². The lowest BCUT2D eigenvalue weighted by molar-refractivity contribution is 0.0429. The molecule has 6 nitrogen and oxygen atoms in total. The minimum Gasteiger partial charge on any atom is -0.478 e. The molecule has 0 aliphatic heterocycles. The zero-order valence-electron chi connectivity index (χ0n) is 22.6. The molecule has 2 aromatic carbocycles. The SMILES string of the molecule is CCCCC(CC)CNc1ccccc1C(=O)O.CCCCC(CC)COC(=O)c1ccccc1N. The van der Waals surface area contributed by atoms with E-state index < -0.39 is 5.97 Å². The molecule has 2 atom stereocenters. The number of anilines is 2. The molecular formula is C30H46N2O4. The number of hydrogen-bond acceptors (Lipinski definition) is 5. The summed E-state index contributed by atoms with van der Waals surface area (Å²) in [6.45, 7) is 10.0. The van der Waals surface area contributed by atoms with Gasteiger partial charge in [0.2, 0.25) is 0 Å². The Morgan fingerprint density at radius 2 is 1.42 bits per heavy atom. The van der Waals surface area contributed by atoms with Crippen LogP contribution in [0.4, 0.5) is 11.4 Å². The van der Waals surface area contributed by atoms with Crippen LogP contribution >= 0.6 is 0 Å². The fourth-order valence-electron chi connectivity index (χ4n) is 3.87. The predicted molar refractivity (Wildman–Crippen MR) is 150 cm³/mol. The highest BCUT2D eigenvalue weighted by molar-refractivity contribution is 5.95. The Morgan fingerprint density at radius 3 is 1.97 bits per heavy atom. The molecule has 4 N–H and O–H groups in total. The van der Waals surface area contributed by atoms with E-state index in [2.05, 4.69) is 33.0 Å². The van der Waals surface area contributed by atoms with Crippen molar-refractivity contribution < 1.29 is 19.4 Å². The van der Waals surface area contributed by atoms with Crippen LogP contribution in [0.1, 0.15) is 99.8 Å². The van der Waals surface area contributed by atoms with Crippen molar-refractivity contribution >= 4 is 23.3 Å². The van der Waals surface area contributed by atoms with Gasteiger partial charge in [0.05, 0.1) is 17.7 Å². The molecule has 0 bridgehead atoms. The Hall–Kier alpha value is -3.02. The predicted octanol–water partition coefficient (Wildman–Crippen LogP) is 7.66. The molecule has 2 unspecified atom stereocenters. The van der Waals surface area contributed by atoms with E-state index in [1.54, 1.807) is 30.3 Å². The number of nitrogen functional groups attached to an aromatic ring is 1. The number of para-hydroxylation sites is 2. The lowest BCUT2D eigenvalue weighted by atomic mass is 9.99. The second-order valence-electron chi connectivity index (χ2n) is 9.25. The largest absolute Gasteiger partial charge is 0.478 e. The topological polar surface area (TPSA) is 102 Å². The fraction of sp³-hybridized carbons (Fsp3) is 0.533. The van der Waals surface area contributed by atoms with E-state index in [-0.39, 0.29) is 5.97 Å². The molecular weight excluding hydrogens is 452 g/mol. The molecule has 0 spiro atoms. The van der Waals surface area contributed by atoms with Crippen molar-refractivity contribution in [2.24, 2.45) is 11.8 Å². The molecule has 0 radical (unpaired) electrons. The van der Waals surface area contributed by atoms with Crippen molar-refractivity contribution in [1.29, 1.82) is 0 Å². The van der Waals surface area contributed by atoms with Crippen molar-refractivity contribution in [2.75, 3.05) is 24.2 Å². The number of ether oxygens (including phenoxy) is 1. The van der Waals surface area contributed by atoms with Crippen molar-refractivity contribution in [3.05, 3.63) is 59.7 Å². The molecule has 0 heterocycles. The van der Waals surface area contributed by atoms with Crippen LogP contribution in [0.25, 0.3) is 0 Å². The summed E-state index contributed by atoms with van der Waals surface area (Å²) in [6, 6.07) is 14.1. The van der Waals surface area contributed by atoms with Crippen LogP contribution < -0.4 is 11.1 Å². The number of unbranched alkanes of at least 4 members (excludes halogenated alkanes) is 2. The van der Waals surface area contributed by atoms with Crippen molar-refractivity contribution in [1.82, 2.24) is 0 Å². The lowest BCUT2D eigenvalue weighted by Gasteiger charge is -2.17.